The molecule has 1 fully saturated rings. The summed E-state index contributed by atoms with van der Waals surface area (Å²) in [6.07, 6.45) is 5.91. The third kappa shape index (κ3) is 4.50. The van der Waals surface area contributed by atoms with Crippen molar-refractivity contribution in [2.24, 2.45) is 5.73 Å². The molecule has 1 aliphatic rings. The van der Waals surface area contributed by atoms with Crippen LogP contribution in [0.15, 0.2) is 47.6 Å². The molecule has 6 nitrogen and oxygen atoms in total. The van der Waals surface area contributed by atoms with Gasteiger partial charge in [0.1, 0.15) is 0 Å². The summed E-state index contributed by atoms with van der Waals surface area (Å²) in [4.78, 5) is 11.8. The first-order chi connectivity index (χ1) is 8.52. The van der Waals surface area contributed by atoms with Gasteiger partial charge in [0.05, 0.1) is 10.1 Å². The van der Waals surface area contributed by atoms with Crippen molar-refractivity contribution in [1.29, 1.82) is 0 Å². The molecule has 1 heterocycles. The van der Waals surface area contributed by atoms with Crippen molar-refractivity contribution in [1.82, 2.24) is 10.2 Å². The lowest BCUT2D eigenvalue weighted by molar-refractivity contribution is -0.404. The lowest BCUT2D eigenvalue weighted by Gasteiger charge is -2.17. The molecule has 7 heteroatoms. The zero-order chi connectivity index (χ0) is 13.5. The highest BCUT2D eigenvalue weighted by atomic mass is 35.5. The van der Waals surface area contributed by atoms with E-state index in [1.807, 2.05) is 4.90 Å². The molecule has 0 amide bonds. The molecule has 1 aliphatic heterocycles. The maximum absolute atomic E-state index is 10.5. The van der Waals surface area contributed by atoms with Gasteiger partial charge >= 0.3 is 0 Å². The molecule has 98 valence electrons. The zero-order valence-electron chi connectivity index (χ0n) is 9.80. The van der Waals surface area contributed by atoms with Gasteiger partial charge in [0, 0.05) is 19.6 Å². The Kier molecular flexibility index (Phi) is 5.26. The summed E-state index contributed by atoms with van der Waals surface area (Å²) in [5.74, 6) is 0.496. The summed E-state index contributed by atoms with van der Waals surface area (Å²) in [5.41, 5.74) is 6.19. The van der Waals surface area contributed by atoms with Crippen LogP contribution in [0.5, 0.6) is 0 Å². The minimum Gasteiger partial charge on any atom is -0.389 e. The maximum Gasteiger partial charge on any atom is 0.274 e. The number of nitrogens with two attached hydrogens (primary N) is 1. The van der Waals surface area contributed by atoms with E-state index in [0.717, 1.165) is 11.8 Å². The van der Waals surface area contributed by atoms with Crippen LogP contribution in [0.3, 0.4) is 0 Å². The van der Waals surface area contributed by atoms with Crippen LogP contribution in [0.25, 0.3) is 0 Å². The second kappa shape index (κ2) is 6.70. The average Bonchev–Trinajstić information content (AvgIpc) is 2.70. The fraction of sp³-hybridized carbons (Fsp3) is 0.273. The standard InChI is InChI=1S/C11H15ClN4O2/c1-2-9(3-4-10(12)13)7-15-6-5-14-11(15)8-16(17)18/h2-4,8,14H,1,5-7,13H2/b9-3+,10-4-,11-8+. The third-order valence-electron chi connectivity index (χ3n) is 2.35. The summed E-state index contributed by atoms with van der Waals surface area (Å²) >= 11 is 5.53. The van der Waals surface area contributed by atoms with Crippen molar-refractivity contribution < 1.29 is 4.92 Å². The SMILES string of the molecule is C=C/C(=C\C=C(/N)Cl)CN1CCN/C1=C\[N+](=O)[O-]. The van der Waals surface area contributed by atoms with Gasteiger partial charge in [-0.25, -0.2) is 0 Å². The second-order valence-corrected chi connectivity index (χ2v) is 4.08. The number of nitrogens with zero attached hydrogens (tertiary/aromatic N) is 2. The number of allylic oxidation sites excluding steroid dienone is 2. The van der Waals surface area contributed by atoms with Crippen LogP contribution in [0.4, 0.5) is 0 Å². The van der Waals surface area contributed by atoms with Gasteiger partial charge in [0.15, 0.2) is 5.82 Å². The summed E-state index contributed by atoms with van der Waals surface area (Å²) in [7, 11) is 0. The highest BCUT2D eigenvalue weighted by molar-refractivity contribution is 6.29. The van der Waals surface area contributed by atoms with Crippen molar-refractivity contribution in [3.05, 3.63) is 57.7 Å². The molecule has 0 aromatic rings. The van der Waals surface area contributed by atoms with Crippen LogP contribution in [0, 0.1) is 10.1 Å². The van der Waals surface area contributed by atoms with Crippen LogP contribution in [-0.2, 0) is 0 Å². The predicted octanol–water partition coefficient (Wildman–Crippen LogP) is 1.12. The first-order valence-electron chi connectivity index (χ1n) is 5.31. The molecule has 18 heavy (non-hydrogen) atoms. The average molecular weight is 271 g/mol. The Morgan fingerprint density at radius 3 is 2.94 bits per heavy atom. The lowest BCUT2D eigenvalue weighted by Crippen LogP contribution is -2.23. The number of nitro groups is 1. The molecule has 0 bridgehead atoms. The molecule has 1 rings (SSSR count). The molecule has 0 atom stereocenters. The zero-order valence-corrected chi connectivity index (χ0v) is 10.6. The highest BCUT2D eigenvalue weighted by Gasteiger charge is 2.19. The van der Waals surface area contributed by atoms with Gasteiger partial charge in [-0.2, -0.15) is 0 Å². The Morgan fingerprint density at radius 1 is 1.67 bits per heavy atom. The third-order valence-corrected chi connectivity index (χ3v) is 2.47. The summed E-state index contributed by atoms with van der Waals surface area (Å²) in [6, 6.07) is 0. The van der Waals surface area contributed by atoms with Crippen LogP contribution >= 0.6 is 11.6 Å². The highest BCUT2D eigenvalue weighted by Crippen LogP contribution is 2.11. The van der Waals surface area contributed by atoms with E-state index < -0.39 is 4.92 Å². The van der Waals surface area contributed by atoms with Gasteiger partial charge in [0.2, 0.25) is 0 Å². The molecule has 0 saturated carbocycles. The Hall–Kier alpha value is -1.95. The molecular formula is C11H15ClN4O2. The predicted molar refractivity (Wildman–Crippen MR) is 71.1 cm³/mol. The molecule has 0 aliphatic carbocycles. The molecule has 0 radical (unpaired) electrons. The van der Waals surface area contributed by atoms with Crippen LogP contribution in [0.1, 0.15) is 0 Å². The number of nitrogens with one attached hydrogen (secondary N) is 1. The summed E-state index contributed by atoms with van der Waals surface area (Å²) < 4.78 is 0. The van der Waals surface area contributed by atoms with E-state index in [0.29, 0.717) is 25.5 Å². The van der Waals surface area contributed by atoms with E-state index in [1.54, 1.807) is 18.2 Å². The number of hydrogen-bond acceptors (Lipinski definition) is 5. The van der Waals surface area contributed by atoms with Crippen molar-refractivity contribution >= 4 is 11.6 Å². The Bertz CT molecular complexity index is 425. The van der Waals surface area contributed by atoms with Crippen molar-refractivity contribution in [3.8, 4) is 0 Å². The van der Waals surface area contributed by atoms with E-state index >= 15 is 0 Å². The first-order valence-corrected chi connectivity index (χ1v) is 5.69. The first kappa shape index (κ1) is 14.1. The molecule has 0 aromatic heterocycles. The van der Waals surface area contributed by atoms with Gasteiger partial charge in [-0.05, 0) is 11.6 Å². The van der Waals surface area contributed by atoms with Gasteiger partial charge < -0.3 is 16.0 Å². The van der Waals surface area contributed by atoms with Gasteiger partial charge in [-0.1, -0.05) is 30.3 Å². The van der Waals surface area contributed by atoms with Crippen LogP contribution in [-0.4, -0.2) is 29.5 Å². The molecule has 3 N–H and O–H groups in total. The minimum absolute atomic E-state index is 0.176. The number of rotatable bonds is 5. The largest absolute Gasteiger partial charge is 0.389 e. The number of hydrogen-bond donors (Lipinski definition) is 2. The van der Waals surface area contributed by atoms with Gasteiger partial charge in [-0.3, -0.25) is 10.1 Å². The quantitative estimate of drug-likeness (QED) is 0.338. The van der Waals surface area contributed by atoms with Crippen molar-refractivity contribution in [3.63, 3.8) is 0 Å². The van der Waals surface area contributed by atoms with Gasteiger partial charge in [0.25, 0.3) is 6.20 Å². The van der Waals surface area contributed by atoms with Crippen LogP contribution in [0.2, 0.25) is 0 Å². The Balaban J connectivity index is 2.76. The molecule has 0 aromatic carbocycles. The summed E-state index contributed by atoms with van der Waals surface area (Å²) in [6.45, 7) is 5.57. The molecular weight excluding hydrogens is 256 g/mol. The fourth-order valence-corrected chi connectivity index (χ4v) is 1.60. The lowest BCUT2D eigenvalue weighted by atomic mass is 10.2. The van der Waals surface area contributed by atoms with Crippen LogP contribution < -0.4 is 11.1 Å². The normalized spacial score (nSPS) is 18.9. The Labute approximate surface area is 110 Å². The Morgan fingerprint density at radius 2 is 2.39 bits per heavy atom. The van der Waals surface area contributed by atoms with E-state index in [9.17, 15) is 10.1 Å². The molecule has 1 saturated heterocycles. The monoisotopic (exact) mass is 270 g/mol. The van der Waals surface area contributed by atoms with E-state index in [-0.39, 0.29) is 5.16 Å². The van der Waals surface area contributed by atoms with E-state index in [4.69, 9.17) is 17.3 Å². The van der Waals surface area contributed by atoms with E-state index in [2.05, 4.69) is 11.9 Å². The smallest absolute Gasteiger partial charge is 0.274 e. The summed E-state index contributed by atoms with van der Waals surface area (Å²) in [5, 5.41) is 13.6. The number of halogens is 1. The fourth-order valence-electron chi connectivity index (χ4n) is 1.53. The van der Waals surface area contributed by atoms with Crippen molar-refractivity contribution in [2.75, 3.05) is 19.6 Å². The molecule has 0 spiro atoms. The van der Waals surface area contributed by atoms with Crippen molar-refractivity contribution in [2.45, 2.75) is 0 Å². The van der Waals surface area contributed by atoms with E-state index in [1.165, 1.54) is 0 Å². The van der Waals surface area contributed by atoms with Gasteiger partial charge in [-0.15, -0.1) is 0 Å². The molecule has 0 unspecified atom stereocenters. The maximum atomic E-state index is 10.5. The topological polar surface area (TPSA) is 84.4 Å². The second-order valence-electron chi connectivity index (χ2n) is 3.65. The minimum atomic E-state index is -0.478.